The van der Waals surface area contributed by atoms with Gasteiger partial charge in [-0.05, 0) is 48.2 Å². The van der Waals surface area contributed by atoms with Crippen LogP contribution in [-0.2, 0) is 4.79 Å². The minimum absolute atomic E-state index is 0.0310. The monoisotopic (exact) mass is 396 g/mol. The average molecular weight is 396 g/mol. The molecule has 1 aliphatic carbocycles. The minimum Gasteiger partial charge on any atom is -0.454 e. The zero-order chi connectivity index (χ0) is 20.0. The SMILES string of the molecule is O=C(c1ccc2c(c1)OCO2)N1CCN(C(=O)C2CC2c2ccc(F)cc2)CC1. The number of amides is 2. The first kappa shape index (κ1) is 18.0. The second-order valence-corrected chi connectivity index (χ2v) is 7.69. The molecule has 2 aromatic carbocycles. The van der Waals surface area contributed by atoms with E-state index < -0.39 is 0 Å². The summed E-state index contributed by atoms with van der Waals surface area (Å²) in [7, 11) is 0. The van der Waals surface area contributed by atoms with Crippen LogP contribution in [0.25, 0.3) is 0 Å². The van der Waals surface area contributed by atoms with Crippen LogP contribution in [0.15, 0.2) is 42.5 Å². The molecule has 2 fully saturated rings. The van der Waals surface area contributed by atoms with Gasteiger partial charge in [-0.25, -0.2) is 4.39 Å². The summed E-state index contributed by atoms with van der Waals surface area (Å²) in [6.45, 7) is 2.25. The molecule has 2 amide bonds. The molecule has 0 aromatic heterocycles. The van der Waals surface area contributed by atoms with Crippen molar-refractivity contribution in [2.45, 2.75) is 12.3 Å². The van der Waals surface area contributed by atoms with Crippen LogP contribution in [0.2, 0.25) is 0 Å². The maximum Gasteiger partial charge on any atom is 0.254 e. The molecule has 1 saturated carbocycles. The molecular formula is C22H21FN2O4. The van der Waals surface area contributed by atoms with Crippen LogP contribution in [0.3, 0.4) is 0 Å². The van der Waals surface area contributed by atoms with Gasteiger partial charge in [0.05, 0.1) is 0 Å². The smallest absolute Gasteiger partial charge is 0.254 e. The first-order chi connectivity index (χ1) is 14.1. The zero-order valence-electron chi connectivity index (χ0n) is 15.8. The van der Waals surface area contributed by atoms with E-state index in [2.05, 4.69) is 0 Å². The lowest BCUT2D eigenvalue weighted by molar-refractivity contribution is -0.134. The number of carbonyl (C=O) groups is 2. The predicted molar refractivity (Wildman–Crippen MR) is 102 cm³/mol. The second-order valence-electron chi connectivity index (χ2n) is 7.69. The Morgan fingerprint density at radius 1 is 0.897 bits per heavy atom. The second kappa shape index (κ2) is 7.06. The zero-order valence-corrected chi connectivity index (χ0v) is 15.8. The Morgan fingerprint density at radius 3 is 2.34 bits per heavy atom. The van der Waals surface area contributed by atoms with Crippen LogP contribution in [0, 0.1) is 11.7 Å². The predicted octanol–water partition coefficient (Wildman–Crippen LogP) is 2.64. The topological polar surface area (TPSA) is 59.1 Å². The van der Waals surface area contributed by atoms with Crippen molar-refractivity contribution in [2.75, 3.05) is 33.0 Å². The number of nitrogens with zero attached hydrogens (tertiary/aromatic N) is 2. The normalized spacial score (nSPS) is 22.5. The number of hydrogen-bond donors (Lipinski definition) is 0. The molecule has 0 spiro atoms. The van der Waals surface area contributed by atoms with Gasteiger partial charge in [-0.2, -0.15) is 0 Å². The van der Waals surface area contributed by atoms with Crippen molar-refractivity contribution < 1.29 is 23.5 Å². The standard InChI is InChI=1S/C22H21FN2O4/c23-16-4-1-14(2-5-16)17-12-18(17)22(27)25-9-7-24(8-10-25)21(26)15-3-6-19-20(11-15)29-13-28-19/h1-6,11,17-18H,7-10,12-13H2. The number of rotatable bonds is 3. The lowest BCUT2D eigenvalue weighted by atomic mass is 10.1. The highest BCUT2D eigenvalue weighted by atomic mass is 19.1. The Balaban J connectivity index is 1.17. The molecule has 2 aromatic rings. The van der Waals surface area contributed by atoms with Gasteiger partial charge in [0.25, 0.3) is 5.91 Å². The Bertz CT molecular complexity index is 954. The van der Waals surface area contributed by atoms with Crippen LogP contribution >= 0.6 is 0 Å². The van der Waals surface area contributed by atoms with E-state index in [-0.39, 0.29) is 36.3 Å². The van der Waals surface area contributed by atoms with Gasteiger partial charge in [0.2, 0.25) is 12.7 Å². The number of carbonyl (C=O) groups excluding carboxylic acids is 2. The number of hydrogen-bond acceptors (Lipinski definition) is 4. The molecule has 2 unspecified atom stereocenters. The van der Waals surface area contributed by atoms with Gasteiger partial charge in [-0.1, -0.05) is 12.1 Å². The molecule has 0 bridgehead atoms. The van der Waals surface area contributed by atoms with E-state index in [0.717, 1.165) is 12.0 Å². The molecule has 2 aliphatic heterocycles. The molecule has 150 valence electrons. The highest BCUT2D eigenvalue weighted by Gasteiger charge is 2.46. The fourth-order valence-electron chi connectivity index (χ4n) is 4.12. The van der Waals surface area contributed by atoms with Crippen LogP contribution in [0.4, 0.5) is 4.39 Å². The van der Waals surface area contributed by atoms with E-state index in [1.807, 2.05) is 4.90 Å². The Kier molecular flexibility index (Phi) is 4.38. The maximum absolute atomic E-state index is 13.1. The van der Waals surface area contributed by atoms with E-state index in [4.69, 9.17) is 9.47 Å². The Hall–Kier alpha value is -3.09. The molecule has 1 saturated heterocycles. The molecule has 6 nitrogen and oxygen atoms in total. The molecule has 5 rings (SSSR count). The van der Waals surface area contributed by atoms with Crippen molar-refractivity contribution >= 4 is 11.8 Å². The molecule has 2 atom stereocenters. The molecular weight excluding hydrogens is 375 g/mol. The van der Waals surface area contributed by atoms with Crippen molar-refractivity contribution in [2.24, 2.45) is 5.92 Å². The highest BCUT2D eigenvalue weighted by molar-refractivity contribution is 5.95. The summed E-state index contributed by atoms with van der Waals surface area (Å²) < 4.78 is 23.7. The van der Waals surface area contributed by atoms with Gasteiger partial charge >= 0.3 is 0 Å². The van der Waals surface area contributed by atoms with E-state index >= 15 is 0 Å². The maximum atomic E-state index is 13.1. The highest BCUT2D eigenvalue weighted by Crippen LogP contribution is 2.48. The third-order valence-corrected chi connectivity index (χ3v) is 5.90. The summed E-state index contributed by atoms with van der Waals surface area (Å²) in [5.41, 5.74) is 1.58. The van der Waals surface area contributed by atoms with Gasteiger partial charge in [0, 0.05) is 37.7 Å². The van der Waals surface area contributed by atoms with Crippen LogP contribution in [0.1, 0.15) is 28.3 Å². The molecule has 29 heavy (non-hydrogen) atoms. The van der Waals surface area contributed by atoms with Gasteiger partial charge in [-0.15, -0.1) is 0 Å². The van der Waals surface area contributed by atoms with E-state index in [1.54, 1.807) is 35.2 Å². The molecule has 0 N–H and O–H groups in total. The average Bonchev–Trinajstić information content (AvgIpc) is 3.41. The lowest BCUT2D eigenvalue weighted by Gasteiger charge is -2.35. The van der Waals surface area contributed by atoms with Crippen LogP contribution in [0.5, 0.6) is 11.5 Å². The van der Waals surface area contributed by atoms with Gasteiger partial charge in [0.1, 0.15) is 5.82 Å². The van der Waals surface area contributed by atoms with Gasteiger partial charge in [0.15, 0.2) is 11.5 Å². The van der Waals surface area contributed by atoms with Crippen LogP contribution < -0.4 is 9.47 Å². The fraction of sp³-hybridized carbons (Fsp3) is 0.364. The number of benzene rings is 2. The van der Waals surface area contributed by atoms with E-state index in [1.165, 1.54) is 12.1 Å². The summed E-state index contributed by atoms with van der Waals surface area (Å²) in [4.78, 5) is 29.2. The number of fused-ring (bicyclic) bond motifs is 1. The quantitative estimate of drug-likeness (QED) is 0.800. The Labute approximate surface area is 167 Å². The van der Waals surface area contributed by atoms with E-state index in [0.29, 0.717) is 43.2 Å². The summed E-state index contributed by atoms with van der Waals surface area (Å²) in [5.74, 6) is 1.19. The summed E-state index contributed by atoms with van der Waals surface area (Å²) in [6, 6.07) is 11.6. The fourth-order valence-corrected chi connectivity index (χ4v) is 4.12. The van der Waals surface area contributed by atoms with Crippen molar-refractivity contribution in [3.05, 3.63) is 59.4 Å². The minimum atomic E-state index is -0.263. The summed E-state index contributed by atoms with van der Waals surface area (Å²) >= 11 is 0. The number of piperazine rings is 1. The number of halogens is 1. The van der Waals surface area contributed by atoms with Crippen LogP contribution in [-0.4, -0.2) is 54.6 Å². The first-order valence-electron chi connectivity index (χ1n) is 9.83. The van der Waals surface area contributed by atoms with Crippen molar-refractivity contribution in [1.29, 1.82) is 0 Å². The summed E-state index contributed by atoms with van der Waals surface area (Å²) in [6.07, 6.45) is 0.806. The first-order valence-corrected chi connectivity index (χ1v) is 9.83. The van der Waals surface area contributed by atoms with Crippen molar-refractivity contribution in [1.82, 2.24) is 9.80 Å². The largest absolute Gasteiger partial charge is 0.454 e. The molecule has 7 heteroatoms. The molecule has 3 aliphatic rings. The van der Waals surface area contributed by atoms with E-state index in [9.17, 15) is 14.0 Å². The van der Waals surface area contributed by atoms with Gasteiger partial charge in [-0.3, -0.25) is 9.59 Å². The number of ether oxygens (including phenoxy) is 2. The van der Waals surface area contributed by atoms with Gasteiger partial charge < -0.3 is 19.3 Å². The Morgan fingerprint density at radius 2 is 1.59 bits per heavy atom. The van der Waals surface area contributed by atoms with Crippen molar-refractivity contribution in [3.63, 3.8) is 0 Å². The lowest BCUT2D eigenvalue weighted by Crippen LogP contribution is -2.51. The molecule has 2 heterocycles. The summed E-state index contributed by atoms with van der Waals surface area (Å²) in [5, 5.41) is 0. The third-order valence-electron chi connectivity index (χ3n) is 5.90. The third kappa shape index (κ3) is 3.41. The molecule has 0 radical (unpaired) electrons. The van der Waals surface area contributed by atoms with Crippen molar-refractivity contribution in [3.8, 4) is 11.5 Å².